The second kappa shape index (κ2) is 10.4. The Labute approximate surface area is 171 Å². The fraction of sp³-hybridized carbons (Fsp3) is 0.318. The number of amides is 3. The summed E-state index contributed by atoms with van der Waals surface area (Å²) in [5, 5.41) is 8.26. The van der Waals surface area contributed by atoms with Crippen molar-refractivity contribution in [2.75, 3.05) is 31.3 Å². The largest absolute Gasteiger partial charge is 0.350 e. The molecule has 7 nitrogen and oxygen atoms in total. The molecule has 0 aliphatic heterocycles. The molecule has 0 fully saturated rings. The van der Waals surface area contributed by atoms with E-state index in [1.807, 2.05) is 32.3 Å². The van der Waals surface area contributed by atoms with E-state index in [1.54, 1.807) is 18.2 Å². The van der Waals surface area contributed by atoms with Crippen LogP contribution < -0.4 is 16.0 Å². The van der Waals surface area contributed by atoms with Crippen molar-refractivity contribution in [1.29, 1.82) is 0 Å². The van der Waals surface area contributed by atoms with Gasteiger partial charge in [0, 0.05) is 43.4 Å². The van der Waals surface area contributed by atoms with Crippen LogP contribution in [-0.2, 0) is 16.0 Å². The van der Waals surface area contributed by atoms with E-state index in [-0.39, 0.29) is 23.8 Å². The average molecular weight is 396 g/mol. The van der Waals surface area contributed by atoms with Gasteiger partial charge < -0.3 is 20.9 Å². The van der Waals surface area contributed by atoms with Gasteiger partial charge in [-0.2, -0.15) is 0 Å². The van der Waals surface area contributed by atoms with E-state index < -0.39 is 0 Å². The zero-order valence-corrected chi connectivity index (χ0v) is 17.3. The molecule has 0 radical (unpaired) electrons. The molecule has 0 saturated carbocycles. The highest BCUT2D eigenvalue weighted by Gasteiger charge is 2.16. The van der Waals surface area contributed by atoms with Crippen LogP contribution in [0.5, 0.6) is 0 Å². The minimum atomic E-state index is -0.274. The van der Waals surface area contributed by atoms with E-state index in [2.05, 4.69) is 33.0 Å². The SMILES string of the molecule is CC(=O)Nc1cc(NC(C)=O)cc(C(=O)NCC(Cc2ccccc2)N(C)C)c1. The Morgan fingerprint density at radius 3 is 1.93 bits per heavy atom. The monoisotopic (exact) mass is 396 g/mol. The number of nitrogens with zero attached hydrogens (tertiary/aromatic N) is 1. The second-order valence-electron chi connectivity index (χ2n) is 7.18. The van der Waals surface area contributed by atoms with E-state index >= 15 is 0 Å². The van der Waals surface area contributed by atoms with Gasteiger partial charge in [0.25, 0.3) is 5.91 Å². The Kier molecular flexibility index (Phi) is 7.91. The Bertz CT molecular complexity index is 831. The zero-order chi connectivity index (χ0) is 21.4. The van der Waals surface area contributed by atoms with E-state index in [9.17, 15) is 14.4 Å². The highest BCUT2D eigenvalue weighted by Crippen LogP contribution is 2.19. The number of carbonyl (C=O) groups is 3. The van der Waals surface area contributed by atoms with Gasteiger partial charge >= 0.3 is 0 Å². The van der Waals surface area contributed by atoms with Gasteiger partial charge in [-0.05, 0) is 44.3 Å². The predicted octanol–water partition coefficient (Wildman–Crippen LogP) is 2.51. The maximum atomic E-state index is 12.7. The van der Waals surface area contributed by atoms with Crippen LogP contribution in [0.1, 0.15) is 29.8 Å². The molecule has 7 heteroatoms. The molecule has 0 aromatic heterocycles. The van der Waals surface area contributed by atoms with Crippen LogP contribution in [0, 0.1) is 0 Å². The molecule has 0 spiro atoms. The molecule has 154 valence electrons. The Balaban J connectivity index is 2.12. The van der Waals surface area contributed by atoms with Gasteiger partial charge in [0.1, 0.15) is 0 Å². The fourth-order valence-corrected chi connectivity index (χ4v) is 2.95. The predicted molar refractivity (Wildman–Crippen MR) is 115 cm³/mol. The minimum Gasteiger partial charge on any atom is -0.350 e. The first-order valence-electron chi connectivity index (χ1n) is 9.43. The Morgan fingerprint density at radius 2 is 1.45 bits per heavy atom. The zero-order valence-electron chi connectivity index (χ0n) is 17.3. The number of carbonyl (C=O) groups excluding carboxylic acids is 3. The highest BCUT2D eigenvalue weighted by molar-refractivity contribution is 5.99. The molecule has 0 saturated heterocycles. The third-order valence-electron chi connectivity index (χ3n) is 4.38. The first-order chi connectivity index (χ1) is 13.7. The molecule has 0 heterocycles. The van der Waals surface area contributed by atoms with Crippen molar-refractivity contribution in [1.82, 2.24) is 10.2 Å². The Morgan fingerprint density at radius 1 is 0.897 bits per heavy atom. The maximum absolute atomic E-state index is 12.7. The molecule has 29 heavy (non-hydrogen) atoms. The molecule has 3 amide bonds. The number of hydrogen-bond donors (Lipinski definition) is 3. The van der Waals surface area contributed by atoms with E-state index in [1.165, 1.54) is 19.4 Å². The number of anilines is 2. The minimum absolute atomic E-state index is 0.120. The lowest BCUT2D eigenvalue weighted by Gasteiger charge is -2.25. The molecular formula is C22H28N4O3. The molecule has 1 atom stereocenters. The van der Waals surface area contributed by atoms with Crippen LogP contribution in [-0.4, -0.2) is 49.3 Å². The summed E-state index contributed by atoms with van der Waals surface area (Å²) in [4.78, 5) is 37.6. The summed E-state index contributed by atoms with van der Waals surface area (Å²) in [6, 6.07) is 15.0. The van der Waals surface area contributed by atoms with Crippen LogP contribution in [0.25, 0.3) is 0 Å². The molecule has 2 aromatic carbocycles. The topological polar surface area (TPSA) is 90.5 Å². The summed E-state index contributed by atoms with van der Waals surface area (Å²) < 4.78 is 0. The standard InChI is InChI=1S/C22H28N4O3/c1-15(27)24-19-11-18(12-20(13-19)25-16(2)28)22(29)23-14-21(26(3)4)10-17-8-6-5-7-9-17/h5-9,11-13,21H,10,14H2,1-4H3,(H,23,29)(H,24,27)(H,25,28). The van der Waals surface area contributed by atoms with Crippen LogP contribution in [0.3, 0.4) is 0 Å². The van der Waals surface area contributed by atoms with Crippen molar-refractivity contribution in [3.8, 4) is 0 Å². The lowest BCUT2D eigenvalue weighted by molar-refractivity contribution is -0.115. The average Bonchev–Trinajstić information content (AvgIpc) is 2.64. The fourth-order valence-electron chi connectivity index (χ4n) is 2.95. The number of hydrogen-bond acceptors (Lipinski definition) is 4. The van der Waals surface area contributed by atoms with Gasteiger partial charge in [-0.15, -0.1) is 0 Å². The smallest absolute Gasteiger partial charge is 0.251 e. The van der Waals surface area contributed by atoms with Crippen molar-refractivity contribution in [2.24, 2.45) is 0 Å². The van der Waals surface area contributed by atoms with Gasteiger partial charge in [-0.25, -0.2) is 0 Å². The lowest BCUT2D eigenvalue weighted by atomic mass is 10.0. The van der Waals surface area contributed by atoms with Gasteiger partial charge in [-0.1, -0.05) is 30.3 Å². The Hall–Kier alpha value is -3.19. The maximum Gasteiger partial charge on any atom is 0.251 e. The van der Waals surface area contributed by atoms with Gasteiger partial charge in [0.15, 0.2) is 0 Å². The second-order valence-corrected chi connectivity index (χ2v) is 7.18. The van der Waals surface area contributed by atoms with Crippen molar-refractivity contribution in [3.05, 3.63) is 59.7 Å². The summed E-state index contributed by atoms with van der Waals surface area (Å²) in [6.07, 6.45) is 0.803. The van der Waals surface area contributed by atoms with Gasteiger partial charge in [0.05, 0.1) is 0 Å². The summed E-state index contributed by atoms with van der Waals surface area (Å²) >= 11 is 0. The van der Waals surface area contributed by atoms with Crippen LogP contribution in [0.4, 0.5) is 11.4 Å². The van der Waals surface area contributed by atoms with Crippen molar-refractivity contribution < 1.29 is 14.4 Å². The molecule has 2 aromatic rings. The molecular weight excluding hydrogens is 368 g/mol. The molecule has 1 unspecified atom stereocenters. The number of likely N-dealkylation sites (N-methyl/N-ethyl adjacent to an activating group) is 1. The number of rotatable bonds is 8. The first-order valence-corrected chi connectivity index (χ1v) is 9.43. The van der Waals surface area contributed by atoms with Crippen molar-refractivity contribution >= 4 is 29.1 Å². The van der Waals surface area contributed by atoms with Crippen LogP contribution in [0.15, 0.2) is 48.5 Å². The molecule has 2 rings (SSSR count). The van der Waals surface area contributed by atoms with Gasteiger partial charge in [-0.3, -0.25) is 14.4 Å². The first kappa shape index (κ1) is 22.1. The molecule has 0 aliphatic rings. The number of benzene rings is 2. The molecule has 0 aliphatic carbocycles. The number of nitrogens with one attached hydrogen (secondary N) is 3. The summed E-state index contributed by atoms with van der Waals surface area (Å²) in [6.45, 7) is 3.23. The van der Waals surface area contributed by atoms with Crippen molar-refractivity contribution in [3.63, 3.8) is 0 Å². The summed E-state index contributed by atoms with van der Waals surface area (Å²) in [7, 11) is 3.96. The molecule has 3 N–H and O–H groups in total. The highest BCUT2D eigenvalue weighted by atomic mass is 16.2. The van der Waals surface area contributed by atoms with E-state index in [4.69, 9.17) is 0 Å². The third-order valence-corrected chi connectivity index (χ3v) is 4.38. The third kappa shape index (κ3) is 7.38. The van der Waals surface area contributed by atoms with Crippen LogP contribution in [0.2, 0.25) is 0 Å². The lowest BCUT2D eigenvalue weighted by Crippen LogP contribution is -2.41. The van der Waals surface area contributed by atoms with Gasteiger partial charge in [0.2, 0.25) is 11.8 Å². The van der Waals surface area contributed by atoms with Crippen LogP contribution >= 0.6 is 0 Å². The summed E-state index contributed by atoms with van der Waals surface area (Å²) in [5.74, 6) is -0.789. The summed E-state index contributed by atoms with van der Waals surface area (Å²) in [5.41, 5.74) is 2.45. The van der Waals surface area contributed by atoms with E-state index in [0.29, 0.717) is 23.5 Å². The molecule has 0 bridgehead atoms. The van der Waals surface area contributed by atoms with E-state index in [0.717, 1.165) is 6.42 Å². The normalized spacial score (nSPS) is 11.6. The van der Waals surface area contributed by atoms with Crippen molar-refractivity contribution in [2.45, 2.75) is 26.3 Å². The quantitative estimate of drug-likeness (QED) is 0.639.